The van der Waals surface area contributed by atoms with E-state index >= 15 is 4.39 Å². The number of hydrogen-bond acceptors (Lipinski definition) is 6. The standard InChI is InChI=1S/C23H20ClFN6O2/c1-31-22(20-15(8-26)19(33-12-3-4-12)7-17(24)21(20)25)16(10-28-31)11-2-5-13-14(6-11)18(9-27)29-30-23(13)32/h2,5-7,10,12,17,21H,3-4,9,27H2,1H3,(H,30,32)/t17-,21-/m0/s1. The first-order valence-electron chi connectivity index (χ1n) is 10.5. The molecule has 8 nitrogen and oxygen atoms in total. The molecule has 1 saturated carbocycles. The monoisotopic (exact) mass is 466 g/mol. The fourth-order valence-corrected chi connectivity index (χ4v) is 4.32. The minimum Gasteiger partial charge on any atom is -0.489 e. The molecule has 10 heteroatoms. The number of halogens is 2. The van der Waals surface area contributed by atoms with E-state index < -0.39 is 11.5 Å². The summed E-state index contributed by atoms with van der Waals surface area (Å²) in [4.78, 5) is 12.2. The van der Waals surface area contributed by atoms with Crippen molar-refractivity contribution >= 4 is 27.9 Å². The van der Waals surface area contributed by atoms with Crippen LogP contribution in [0, 0.1) is 11.3 Å². The van der Waals surface area contributed by atoms with Crippen LogP contribution in [0.15, 0.2) is 46.6 Å². The summed E-state index contributed by atoms with van der Waals surface area (Å²) in [7, 11) is 1.68. The maximum Gasteiger partial charge on any atom is 0.272 e. The van der Waals surface area contributed by atoms with Crippen molar-refractivity contribution in [3.63, 3.8) is 0 Å². The Morgan fingerprint density at radius 1 is 1.39 bits per heavy atom. The van der Waals surface area contributed by atoms with E-state index in [0.29, 0.717) is 39.0 Å². The zero-order valence-corrected chi connectivity index (χ0v) is 18.4. The second-order valence-electron chi connectivity index (χ2n) is 8.09. The number of alkyl halides is 2. The number of aromatic amines is 1. The molecule has 0 bridgehead atoms. The van der Waals surface area contributed by atoms with Gasteiger partial charge >= 0.3 is 0 Å². The van der Waals surface area contributed by atoms with Gasteiger partial charge in [0.05, 0.1) is 34.5 Å². The summed E-state index contributed by atoms with van der Waals surface area (Å²) < 4.78 is 22.9. The van der Waals surface area contributed by atoms with E-state index in [4.69, 9.17) is 22.1 Å². The molecule has 3 N–H and O–H groups in total. The number of allylic oxidation sites excluding steroid dienone is 3. The van der Waals surface area contributed by atoms with Gasteiger partial charge in [0.2, 0.25) is 0 Å². The number of rotatable bonds is 5. The molecule has 3 aromatic rings. The Kier molecular flexibility index (Phi) is 5.27. The largest absolute Gasteiger partial charge is 0.489 e. The first-order chi connectivity index (χ1) is 15.9. The number of nitrogens with one attached hydrogen (secondary N) is 1. The Labute approximate surface area is 193 Å². The average Bonchev–Trinajstić information content (AvgIpc) is 3.55. The molecule has 0 saturated heterocycles. The topological polar surface area (TPSA) is 123 Å². The van der Waals surface area contributed by atoms with Crippen LogP contribution in [0.5, 0.6) is 0 Å². The van der Waals surface area contributed by atoms with Gasteiger partial charge in [-0.25, -0.2) is 9.49 Å². The van der Waals surface area contributed by atoms with E-state index in [0.717, 1.165) is 12.8 Å². The van der Waals surface area contributed by atoms with Gasteiger partial charge in [0.25, 0.3) is 5.56 Å². The van der Waals surface area contributed by atoms with Crippen LogP contribution in [0.2, 0.25) is 0 Å². The van der Waals surface area contributed by atoms with E-state index in [1.165, 1.54) is 10.8 Å². The lowest BCUT2D eigenvalue weighted by Crippen LogP contribution is -2.25. The van der Waals surface area contributed by atoms with Crippen LogP contribution >= 0.6 is 11.6 Å². The molecule has 2 heterocycles. The smallest absolute Gasteiger partial charge is 0.272 e. The van der Waals surface area contributed by atoms with Crippen LogP contribution in [0.4, 0.5) is 4.39 Å². The van der Waals surface area contributed by atoms with Gasteiger partial charge in [0.1, 0.15) is 23.6 Å². The Bertz CT molecular complexity index is 1430. The molecule has 0 aliphatic heterocycles. The molecule has 33 heavy (non-hydrogen) atoms. The van der Waals surface area contributed by atoms with Crippen molar-refractivity contribution in [1.29, 1.82) is 5.26 Å². The number of fused-ring (bicyclic) bond motifs is 1. The predicted molar refractivity (Wildman–Crippen MR) is 122 cm³/mol. The molecule has 0 spiro atoms. The summed E-state index contributed by atoms with van der Waals surface area (Å²) in [6, 6.07) is 7.30. The molecule has 5 rings (SSSR count). The third-order valence-electron chi connectivity index (χ3n) is 5.88. The summed E-state index contributed by atoms with van der Waals surface area (Å²) in [5, 5.41) is 20.8. The lowest BCUT2D eigenvalue weighted by molar-refractivity contribution is 0.202. The van der Waals surface area contributed by atoms with Gasteiger partial charge in [-0.3, -0.25) is 9.48 Å². The number of aryl methyl sites for hydroxylation is 1. The summed E-state index contributed by atoms with van der Waals surface area (Å²) in [5.74, 6) is 0.302. The Balaban J connectivity index is 1.71. The van der Waals surface area contributed by atoms with Crippen molar-refractivity contribution in [2.45, 2.75) is 37.0 Å². The molecule has 2 aromatic heterocycles. The van der Waals surface area contributed by atoms with Gasteiger partial charge in [-0.15, -0.1) is 11.6 Å². The number of H-pyrrole nitrogens is 1. The molecule has 168 valence electrons. The zero-order valence-electron chi connectivity index (χ0n) is 17.7. The third-order valence-corrected chi connectivity index (χ3v) is 6.22. The van der Waals surface area contributed by atoms with Crippen LogP contribution in [-0.4, -0.2) is 37.6 Å². The minimum absolute atomic E-state index is 0.0210. The normalized spacial score (nSPS) is 20.6. The third kappa shape index (κ3) is 3.61. The second kappa shape index (κ2) is 8.14. The van der Waals surface area contributed by atoms with Crippen LogP contribution in [0.3, 0.4) is 0 Å². The Morgan fingerprint density at radius 2 is 2.18 bits per heavy atom. The second-order valence-corrected chi connectivity index (χ2v) is 8.59. The van der Waals surface area contributed by atoms with Crippen LogP contribution in [-0.2, 0) is 18.3 Å². The van der Waals surface area contributed by atoms with Gasteiger partial charge in [-0.1, -0.05) is 6.07 Å². The molecule has 2 aliphatic carbocycles. The number of benzene rings is 1. The summed E-state index contributed by atoms with van der Waals surface area (Å²) in [6.07, 6.45) is 3.23. The average molecular weight is 467 g/mol. The van der Waals surface area contributed by atoms with Crippen LogP contribution in [0.1, 0.15) is 24.2 Å². The highest BCUT2D eigenvalue weighted by molar-refractivity contribution is 6.23. The van der Waals surface area contributed by atoms with Crippen LogP contribution < -0.4 is 11.3 Å². The molecule has 1 aromatic carbocycles. The maximum atomic E-state index is 15.5. The number of nitrogens with zero attached hydrogens (tertiary/aromatic N) is 4. The van der Waals surface area contributed by atoms with E-state index in [9.17, 15) is 10.1 Å². The molecule has 2 atom stereocenters. The number of nitrogens with two attached hydrogens (primary N) is 1. The zero-order chi connectivity index (χ0) is 23.3. The SMILES string of the molecule is Cn1ncc(-c2ccc3c(=O)[nH]nc(CN)c3c2)c1C1=C(C#N)C(OC2CC2)=C[C@H](Cl)[C@@H]1F. The quantitative estimate of drug-likeness (QED) is 0.557. The van der Waals surface area contributed by atoms with E-state index in [1.54, 1.807) is 31.4 Å². The van der Waals surface area contributed by atoms with Crippen molar-refractivity contribution < 1.29 is 9.13 Å². The summed E-state index contributed by atoms with van der Waals surface area (Å²) >= 11 is 6.32. The number of aromatic nitrogens is 4. The number of ether oxygens (including phenoxy) is 1. The van der Waals surface area contributed by atoms with Crippen molar-refractivity contribution in [1.82, 2.24) is 20.0 Å². The van der Waals surface area contributed by atoms with Crippen molar-refractivity contribution in [3.05, 3.63) is 63.5 Å². The van der Waals surface area contributed by atoms with Crippen LogP contribution in [0.25, 0.3) is 27.5 Å². The van der Waals surface area contributed by atoms with E-state index in [1.807, 2.05) is 0 Å². The lowest BCUT2D eigenvalue weighted by atomic mass is 9.88. The molecule has 0 radical (unpaired) electrons. The maximum absolute atomic E-state index is 15.5. The fourth-order valence-electron chi connectivity index (χ4n) is 4.08. The summed E-state index contributed by atoms with van der Waals surface area (Å²) in [5.41, 5.74) is 7.93. The molecule has 2 aliphatic rings. The van der Waals surface area contributed by atoms with Gasteiger partial charge < -0.3 is 10.5 Å². The van der Waals surface area contributed by atoms with Crippen molar-refractivity contribution in [3.8, 4) is 17.2 Å². The molecule has 0 unspecified atom stereocenters. The molecule has 0 amide bonds. The highest BCUT2D eigenvalue weighted by Crippen LogP contribution is 2.42. The van der Waals surface area contributed by atoms with Crippen molar-refractivity contribution in [2.75, 3.05) is 0 Å². The number of hydrogen-bond donors (Lipinski definition) is 2. The van der Waals surface area contributed by atoms with Crippen molar-refractivity contribution in [2.24, 2.45) is 12.8 Å². The molecular formula is C23H20ClFN6O2. The molecule has 1 fully saturated rings. The van der Waals surface area contributed by atoms with Gasteiger partial charge in [-0.2, -0.15) is 15.5 Å². The summed E-state index contributed by atoms with van der Waals surface area (Å²) in [6.45, 7) is 0.132. The van der Waals surface area contributed by atoms with Gasteiger partial charge in [0, 0.05) is 30.1 Å². The number of nitriles is 1. The molecular weight excluding hydrogens is 447 g/mol. The first kappa shape index (κ1) is 21.4. The van der Waals surface area contributed by atoms with Gasteiger partial charge in [-0.05, 0) is 36.6 Å². The fraction of sp³-hybridized carbons (Fsp3) is 0.304. The first-order valence-corrected chi connectivity index (χ1v) is 10.9. The lowest BCUT2D eigenvalue weighted by Gasteiger charge is -2.25. The minimum atomic E-state index is -1.63. The predicted octanol–water partition coefficient (Wildman–Crippen LogP) is 3.08. The Hall–Kier alpha value is -3.48. The Morgan fingerprint density at radius 3 is 2.88 bits per heavy atom. The van der Waals surface area contributed by atoms with Gasteiger partial charge in [0.15, 0.2) is 0 Å². The highest BCUT2D eigenvalue weighted by Gasteiger charge is 2.38. The van der Waals surface area contributed by atoms with E-state index in [-0.39, 0.29) is 29.4 Å². The van der Waals surface area contributed by atoms with E-state index in [2.05, 4.69) is 21.4 Å². The highest BCUT2D eigenvalue weighted by atomic mass is 35.5.